The van der Waals surface area contributed by atoms with Gasteiger partial charge in [-0.15, -0.1) is 0 Å². The Bertz CT molecular complexity index is 821. The summed E-state index contributed by atoms with van der Waals surface area (Å²) in [6, 6.07) is 11.4. The van der Waals surface area contributed by atoms with Crippen LogP contribution >= 0.6 is 15.9 Å². The number of imidazole rings is 1. The molecule has 0 aliphatic carbocycles. The highest BCUT2D eigenvalue weighted by atomic mass is 79.9. The highest BCUT2D eigenvalue weighted by Gasteiger charge is 2.17. The minimum atomic E-state index is -0.159. The van der Waals surface area contributed by atoms with Crippen molar-refractivity contribution in [3.63, 3.8) is 0 Å². The van der Waals surface area contributed by atoms with Crippen molar-refractivity contribution in [2.24, 2.45) is 0 Å². The Kier molecular flexibility index (Phi) is 3.51. The number of fused-ring (bicyclic) bond motifs is 1. The Morgan fingerprint density at radius 3 is 2.62 bits per heavy atom. The van der Waals surface area contributed by atoms with E-state index in [9.17, 15) is 4.79 Å². The van der Waals surface area contributed by atoms with Gasteiger partial charge in [-0.2, -0.15) is 0 Å². The number of benzene rings is 1. The van der Waals surface area contributed by atoms with Gasteiger partial charge < -0.3 is 5.32 Å². The number of pyridine rings is 1. The van der Waals surface area contributed by atoms with Gasteiger partial charge in [0, 0.05) is 16.4 Å². The van der Waals surface area contributed by atoms with Gasteiger partial charge in [0.1, 0.15) is 11.3 Å². The molecule has 0 atom stereocenters. The molecule has 0 unspecified atom stereocenters. The van der Waals surface area contributed by atoms with Crippen LogP contribution < -0.4 is 5.32 Å². The predicted molar refractivity (Wildman–Crippen MR) is 86.8 cm³/mol. The molecule has 0 radical (unpaired) electrons. The van der Waals surface area contributed by atoms with Crippen LogP contribution in [-0.4, -0.2) is 15.3 Å². The molecule has 0 aliphatic heterocycles. The molecule has 0 saturated heterocycles. The molecule has 0 saturated carbocycles. The number of aromatic nitrogens is 2. The van der Waals surface area contributed by atoms with Crippen molar-refractivity contribution in [3.05, 3.63) is 64.0 Å². The maximum absolute atomic E-state index is 12.5. The smallest absolute Gasteiger partial charge is 0.274 e. The van der Waals surface area contributed by atoms with Gasteiger partial charge in [-0.1, -0.05) is 22.0 Å². The van der Waals surface area contributed by atoms with E-state index < -0.39 is 0 Å². The molecule has 2 aromatic heterocycles. The second-order valence-electron chi connectivity index (χ2n) is 4.89. The zero-order chi connectivity index (χ0) is 15.0. The molecule has 21 heavy (non-hydrogen) atoms. The van der Waals surface area contributed by atoms with Crippen LogP contribution in [0.25, 0.3) is 5.65 Å². The average molecular weight is 344 g/mol. The number of anilines is 1. The van der Waals surface area contributed by atoms with Crippen LogP contribution in [0.3, 0.4) is 0 Å². The van der Waals surface area contributed by atoms with Crippen LogP contribution in [0, 0.1) is 13.8 Å². The quantitative estimate of drug-likeness (QED) is 0.765. The first-order valence-electron chi connectivity index (χ1n) is 6.57. The third kappa shape index (κ3) is 2.56. The third-order valence-corrected chi connectivity index (χ3v) is 3.87. The van der Waals surface area contributed by atoms with Crippen molar-refractivity contribution in [1.82, 2.24) is 9.38 Å². The fourth-order valence-corrected chi connectivity index (χ4v) is 2.58. The van der Waals surface area contributed by atoms with Gasteiger partial charge in [0.25, 0.3) is 5.91 Å². The van der Waals surface area contributed by atoms with E-state index >= 15 is 0 Å². The van der Waals surface area contributed by atoms with Gasteiger partial charge >= 0.3 is 0 Å². The third-order valence-electron chi connectivity index (χ3n) is 3.34. The molecule has 1 amide bonds. The Labute approximate surface area is 131 Å². The normalized spacial score (nSPS) is 10.8. The summed E-state index contributed by atoms with van der Waals surface area (Å²) in [5.74, 6) is -0.159. The van der Waals surface area contributed by atoms with Gasteiger partial charge in [0.2, 0.25) is 0 Å². The molecule has 3 aromatic rings. The molecule has 1 N–H and O–H groups in total. The van der Waals surface area contributed by atoms with E-state index in [0.717, 1.165) is 27.1 Å². The van der Waals surface area contributed by atoms with E-state index in [1.165, 1.54) is 0 Å². The van der Waals surface area contributed by atoms with E-state index in [0.29, 0.717) is 5.69 Å². The number of nitrogens with zero attached hydrogens (tertiary/aromatic N) is 2. The molecule has 106 valence electrons. The summed E-state index contributed by atoms with van der Waals surface area (Å²) >= 11 is 3.38. The van der Waals surface area contributed by atoms with Gasteiger partial charge in [0.05, 0.1) is 5.69 Å². The van der Waals surface area contributed by atoms with Crippen molar-refractivity contribution >= 4 is 33.2 Å². The summed E-state index contributed by atoms with van der Waals surface area (Å²) in [4.78, 5) is 17.0. The summed E-state index contributed by atoms with van der Waals surface area (Å²) in [6.45, 7) is 3.83. The van der Waals surface area contributed by atoms with Crippen LogP contribution in [0.4, 0.5) is 5.69 Å². The molecular weight excluding hydrogens is 330 g/mol. The molecule has 1 aromatic carbocycles. The van der Waals surface area contributed by atoms with Gasteiger partial charge in [-0.05, 0) is 49.7 Å². The lowest BCUT2D eigenvalue weighted by Gasteiger charge is -2.06. The van der Waals surface area contributed by atoms with Crippen LogP contribution in [0.2, 0.25) is 0 Å². The Balaban J connectivity index is 2.00. The zero-order valence-electron chi connectivity index (χ0n) is 11.7. The number of hydrogen-bond acceptors (Lipinski definition) is 2. The molecule has 0 spiro atoms. The predicted octanol–water partition coefficient (Wildman–Crippen LogP) is 3.97. The summed E-state index contributed by atoms with van der Waals surface area (Å²) in [5.41, 5.74) is 3.90. The van der Waals surface area contributed by atoms with E-state index in [2.05, 4.69) is 26.2 Å². The first-order valence-corrected chi connectivity index (χ1v) is 7.37. The highest BCUT2D eigenvalue weighted by molar-refractivity contribution is 9.10. The van der Waals surface area contributed by atoms with Gasteiger partial charge in [-0.25, -0.2) is 4.98 Å². The van der Waals surface area contributed by atoms with Crippen molar-refractivity contribution in [3.8, 4) is 0 Å². The van der Waals surface area contributed by atoms with E-state index in [1.54, 1.807) is 0 Å². The molecular formula is C16H14BrN3O. The largest absolute Gasteiger partial charge is 0.321 e. The number of hydrogen-bond donors (Lipinski definition) is 1. The van der Waals surface area contributed by atoms with Gasteiger partial charge in [0.15, 0.2) is 0 Å². The van der Waals surface area contributed by atoms with Crippen molar-refractivity contribution in [2.45, 2.75) is 13.8 Å². The van der Waals surface area contributed by atoms with Crippen LogP contribution in [-0.2, 0) is 0 Å². The number of nitrogens with one attached hydrogen (secondary N) is 1. The molecule has 5 heteroatoms. The molecule has 0 bridgehead atoms. The molecule has 0 aliphatic rings. The Morgan fingerprint density at radius 2 is 1.90 bits per heavy atom. The second kappa shape index (κ2) is 5.33. The van der Waals surface area contributed by atoms with E-state index in [-0.39, 0.29) is 5.91 Å². The second-order valence-corrected chi connectivity index (χ2v) is 5.81. The maximum Gasteiger partial charge on any atom is 0.274 e. The van der Waals surface area contributed by atoms with E-state index in [4.69, 9.17) is 0 Å². The molecule has 2 heterocycles. The minimum Gasteiger partial charge on any atom is -0.321 e. The maximum atomic E-state index is 12.5. The number of halogens is 1. The SMILES string of the molecule is Cc1nc2c(C)cccn2c1C(=O)Nc1ccc(Br)cc1. The van der Waals surface area contributed by atoms with Crippen LogP contribution in [0.1, 0.15) is 21.7 Å². The van der Waals surface area contributed by atoms with Crippen molar-refractivity contribution in [2.75, 3.05) is 5.32 Å². The monoisotopic (exact) mass is 343 g/mol. The Morgan fingerprint density at radius 1 is 1.19 bits per heavy atom. The highest BCUT2D eigenvalue weighted by Crippen LogP contribution is 2.18. The molecule has 4 nitrogen and oxygen atoms in total. The lowest BCUT2D eigenvalue weighted by atomic mass is 10.2. The molecule has 0 fully saturated rings. The number of carbonyl (C=O) groups excluding carboxylic acids is 1. The first-order chi connectivity index (χ1) is 10.1. The lowest BCUT2D eigenvalue weighted by Crippen LogP contribution is -2.15. The molecule has 3 rings (SSSR count). The van der Waals surface area contributed by atoms with Crippen molar-refractivity contribution < 1.29 is 4.79 Å². The minimum absolute atomic E-state index is 0.159. The average Bonchev–Trinajstić information content (AvgIpc) is 2.79. The number of carbonyl (C=O) groups is 1. The van der Waals surface area contributed by atoms with Gasteiger partial charge in [-0.3, -0.25) is 9.20 Å². The van der Waals surface area contributed by atoms with Crippen molar-refractivity contribution in [1.29, 1.82) is 0 Å². The van der Waals surface area contributed by atoms with Crippen LogP contribution in [0.5, 0.6) is 0 Å². The van der Waals surface area contributed by atoms with E-state index in [1.807, 2.05) is 60.8 Å². The first kappa shape index (κ1) is 13.8. The fraction of sp³-hybridized carbons (Fsp3) is 0.125. The topological polar surface area (TPSA) is 46.4 Å². The lowest BCUT2D eigenvalue weighted by molar-refractivity contribution is 0.102. The summed E-state index contributed by atoms with van der Waals surface area (Å²) in [5, 5.41) is 2.90. The standard InChI is InChI=1S/C16H14BrN3O/c1-10-4-3-9-20-14(11(2)18-15(10)20)16(21)19-13-7-5-12(17)6-8-13/h3-9H,1-2H3,(H,19,21). The summed E-state index contributed by atoms with van der Waals surface area (Å²) < 4.78 is 2.81. The van der Waals surface area contributed by atoms with Crippen LogP contribution in [0.15, 0.2) is 47.1 Å². The zero-order valence-corrected chi connectivity index (χ0v) is 13.3. The number of amides is 1. The summed E-state index contributed by atoms with van der Waals surface area (Å²) in [7, 11) is 0. The Hall–Kier alpha value is -2.14. The fourth-order valence-electron chi connectivity index (χ4n) is 2.31. The number of aryl methyl sites for hydroxylation is 2. The number of rotatable bonds is 2. The summed E-state index contributed by atoms with van der Waals surface area (Å²) in [6.07, 6.45) is 1.86.